The van der Waals surface area contributed by atoms with Crippen LogP contribution in [0.2, 0.25) is 0 Å². The van der Waals surface area contributed by atoms with Crippen molar-refractivity contribution in [2.75, 3.05) is 0 Å². The molecular formula is C113H68N6O4. The smallest absolute Gasteiger partial charge is 0.180 e. The maximum atomic E-state index is 6.84. The summed E-state index contributed by atoms with van der Waals surface area (Å²) in [7, 11) is 0. The molecule has 17 aromatic carbocycles. The first-order valence-corrected chi connectivity index (χ1v) is 41.8. The summed E-state index contributed by atoms with van der Waals surface area (Å²) < 4.78 is 31.6. The van der Waals surface area contributed by atoms with E-state index in [1.54, 1.807) is 0 Å². The van der Waals surface area contributed by atoms with Crippen LogP contribution in [0, 0.1) is 0 Å². The summed E-state index contributed by atoms with van der Waals surface area (Å²) in [5.41, 5.74) is 35.6. The Balaban J connectivity index is 0.509. The summed E-state index contributed by atoms with van der Waals surface area (Å²) in [6.45, 7) is 4.71. The predicted octanol–water partition coefficient (Wildman–Crippen LogP) is 30.4. The Bertz CT molecular complexity index is 8770. The zero-order valence-electron chi connectivity index (χ0n) is 66.6. The van der Waals surface area contributed by atoms with Crippen LogP contribution in [0.3, 0.4) is 0 Å². The van der Waals surface area contributed by atoms with Crippen LogP contribution >= 0.6 is 0 Å². The molecule has 0 unspecified atom stereocenters. The first kappa shape index (κ1) is 68.7. The van der Waals surface area contributed by atoms with Gasteiger partial charge in [-0.05, 0) is 230 Å². The SMILES string of the molecule is CC1(C)c2ccccc2-c2cc3c4cc(-c5ccc6oc7ccc(-c8nc(-c9ccccc9)c9oc%10ccc(-c%11cccc(-c%12ccc(-n%13c%14ccccc%14c%14cc(-c%15ccc%16oc%17cc(-c%18nc(-c%19ccccc%19)c%19oc%20ccc(-c%21ccccc%21)cc%20c%19n%18)ccc%17c%16c%15)ccc%14%13)cc%12)c%11)cc%10c9n8)cc7c6c5)ccc4n(-c4ccccc4)c3cc21. The van der Waals surface area contributed by atoms with Gasteiger partial charge in [0.25, 0.3) is 0 Å². The van der Waals surface area contributed by atoms with Crippen LogP contribution in [-0.2, 0) is 5.41 Å². The number of benzene rings is 17. The average Bonchev–Trinajstić information content (AvgIpc) is 1.55. The van der Waals surface area contributed by atoms with Crippen molar-refractivity contribution in [2.24, 2.45) is 0 Å². The Kier molecular flexibility index (Phi) is 14.7. The second kappa shape index (κ2) is 26.3. The molecule has 574 valence electrons. The monoisotopic (exact) mass is 1570 g/mol. The largest absolute Gasteiger partial charge is 0.456 e. The van der Waals surface area contributed by atoms with Crippen LogP contribution in [0.1, 0.15) is 25.0 Å². The molecule has 123 heavy (non-hydrogen) atoms. The molecule has 0 spiro atoms. The van der Waals surface area contributed by atoms with Gasteiger partial charge in [-0.15, -0.1) is 0 Å². The fourth-order valence-electron chi connectivity index (χ4n) is 19.7. The number of hydrogen-bond donors (Lipinski definition) is 0. The first-order chi connectivity index (χ1) is 60.6. The fourth-order valence-corrected chi connectivity index (χ4v) is 19.7. The molecule has 0 amide bonds. The van der Waals surface area contributed by atoms with E-state index in [0.717, 1.165) is 189 Å². The number of furan rings is 4. The van der Waals surface area contributed by atoms with E-state index in [1.807, 2.05) is 48.5 Å². The minimum Gasteiger partial charge on any atom is -0.456 e. The van der Waals surface area contributed by atoms with Crippen LogP contribution in [0.25, 0.3) is 255 Å². The van der Waals surface area contributed by atoms with E-state index in [9.17, 15) is 0 Å². The summed E-state index contributed by atoms with van der Waals surface area (Å²) in [5.74, 6) is 1.18. The van der Waals surface area contributed by atoms with Gasteiger partial charge in [0.05, 0.1) is 22.1 Å². The molecule has 1 aliphatic rings. The maximum Gasteiger partial charge on any atom is 0.180 e. The lowest BCUT2D eigenvalue weighted by atomic mass is 9.82. The van der Waals surface area contributed by atoms with Gasteiger partial charge in [0.2, 0.25) is 0 Å². The second-order valence-corrected chi connectivity index (χ2v) is 33.1. The van der Waals surface area contributed by atoms with Crippen LogP contribution in [0.15, 0.2) is 394 Å². The highest BCUT2D eigenvalue weighted by Crippen LogP contribution is 2.53. The molecule has 26 rings (SSSR count). The summed E-state index contributed by atoms with van der Waals surface area (Å²) in [4.78, 5) is 21.3. The van der Waals surface area contributed by atoms with Gasteiger partial charge < -0.3 is 26.8 Å². The fraction of sp³-hybridized carbons (Fsp3) is 0.0265. The normalized spacial score (nSPS) is 12.7. The first-order valence-electron chi connectivity index (χ1n) is 41.8. The van der Waals surface area contributed by atoms with Gasteiger partial charge >= 0.3 is 0 Å². The molecule has 0 N–H and O–H groups in total. The van der Waals surface area contributed by atoms with E-state index in [-0.39, 0.29) is 5.41 Å². The summed E-state index contributed by atoms with van der Waals surface area (Å²) >= 11 is 0. The van der Waals surface area contributed by atoms with Gasteiger partial charge in [0.15, 0.2) is 22.8 Å². The standard InChI is InChI=1S/C113H68N6O4/c1-113(2)93-32-17-15-30-81(93)84-63-87-86-56-73(38-48-97(86)119(98(87)64-94(84)113)79-28-13-6-14-29-79)75-41-50-100-89(58-75)90-61-77(43-53-101(90)120-100)111-114-105(67-22-9-4-10-23-67)109-108(116-111)92-60-76(42-52-103(92)123-109)70-27-19-26-69(54-70)66-34-44-80(45-35-66)118-95-33-18-16-31-82(95)85-55-72(37-47-96(85)118)74-40-49-99-88(57-74)83-46-36-78(62-104(83)121-99)112-115-106(68-24-11-5-12-25-68)110-107(117-112)91-59-71(39-51-102(91)122-110)65-20-7-3-8-21-65/h3-64H,1-2H3. The van der Waals surface area contributed by atoms with Gasteiger partial charge in [-0.2, -0.15) is 0 Å². The van der Waals surface area contributed by atoms with Gasteiger partial charge in [0.1, 0.15) is 55.9 Å². The lowest BCUT2D eigenvalue weighted by molar-refractivity contribution is 0.661. The molecule has 10 heteroatoms. The highest BCUT2D eigenvalue weighted by Gasteiger charge is 2.37. The minimum absolute atomic E-state index is 0.133. The topological polar surface area (TPSA) is 114 Å². The van der Waals surface area contributed by atoms with Gasteiger partial charge in [0, 0.05) is 92.9 Å². The summed E-state index contributed by atoms with van der Waals surface area (Å²) in [5, 5.41) is 10.7. The van der Waals surface area contributed by atoms with Crippen LogP contribution < -0.4 is 0 Å². The molecule has 0 fully saturated rings. The highest BCUT2D eigenvalue weighted by molar-refractivity contribution is 6.17. The Morgan fingerprint density at radius 3 is 1.20 bits per heavy atom. The van der Waals surface area contributed by atoms with Crippen molar-refractivity contribution in [3.8, 4) is 123 Å². The van der Waals surface area contributed by atoms with Crippen LogP contribution in [0.5, 0.6) is 0 Å². The number of aromatic nitrogens is 6. The highest BCUT2D eigenvalue weighted by atomic mass is 16.3. The third-order valence-electron chi connectivity index (χ3n) is 25.8. The average molecular weight is 1570 g/mol. The lowest BCUT2D eigenvalue weighted by Gasteiger charge is -2.21. The van der Waals surface area contributed by atoms with Gasteiger partial charge in [-0.3, -0.25) is 0 Å². The molecule has 0 radical (unpaired) electrons. The van der Waals surface area contributed by atoms with Crippen molar-refractivity contribution in [3.05, 3.63) is 387 Å². The van der Waals surface area contributed by atoms with Crippen molar-refractivity contribution in [1.29, 1.82) is 0 Å². The Hall–Kier alpha value is -16.3. The molecule has 0 bridgehead atoms. The van der Waals surface area contributed by atoms with E-state index in [2.05, 4.69) is 351 Å². The molecule has 8 heterocycles. The molecular weight excluding hydrogens is 1510 g/mol. The number of nitrogens with zero attached hydrogens (tertiary/aromatic N) is 6. The number of para-hydroxylation sites is 2. The Morgan fingerprint density at radius 2 is 0.593 bits per heavy atom. The van der Waals surface area contributed by atoms with Crippen molar-refractivity contribution < 1.29 is 17.7 Å². The Labute approximate surface area is 703 Å². The molecule has 10 nitrogen and oxygen atoms in total. The van der Waals surface area contributed by atoms with Gasteiger partial charge in [-0.25, -0.2) is 19.9 Å². The van der Waals surface area contributed by atoms with E-state index in [1.165, 1.54) is 54.8 Å². The third kappa shape index (κ3) is 10.7. The van der Waals surface area contributed by atoms with E-state index < -0.39 is 0 Å². The molecule has 0 saturated carbocycles. The Morgan fingerprint density at radius 1 is 0.211 bits per heavy atom. The second-order valence-electron chi connectivity index (χ2n) is 33.1. The van der Waals surface area contributed by atoms with Crippen molar-refractivity contribution in [1.82, 2.24) is 29.1 Å². The lowest BCUT2D eigenvalue weighted by Crippen LogP contribution is -2.14. The zero-order chi connectivity index (χ0) is 80.9. The molecule has 8 aromatic heterocycles. The summed E-state index contributed by atoms with van der Waals surface area (Å²) in [6, 6.07) is 134. The molecule has 0 saturated heterocycles. The third-order valence-corrected chi connectivity index (χ3v) is 25.8. The molecule has 25 aromatic rings. The van der Waals surface area contributed by atoms with Crippen LogP contribution in [-0.4, -0.2) is 29.1 Å². The number of hydrogen-bond acceptors (Lipinski definition) is 8. The number of fused-ring (bicyclic) bond motifs is 21. The van der Waals surface area contributed by atoms with Crippen molar-refractivity contribution in [3.63, 3.8) is 0 Å². The van der Waals surface area contributed by atoms with E-state index in [4.69, 9.17) is 37.6 Å². The predicted molar refractivity (Wildman–Crippen MR) is 502 cm³/mol. The molecule has 0 atom stereocenters. The maximum absolute atomic E-state index is 6.84. The van der Waals surface area contributed by atoms with Crippen LogP contribution in [0.4, 0.5) is 0 Å². The van der Waals surface area contributed by atoms with Crippen molar-refractivity contribution in [2.45, 2.75) is 19.3 Å². The number of rotatable bonds is 11. The quantitative estimate of drug-likeness (QED) is 0.126. The van der Waals surface area contributed by atoms with Gasteiger partial charge in [-0.1, -0.05) is 238 Å². The summed E-state index contributed by atoms with van der Waals surface area (Å²) in [6.07, 6.45) is 0. The van der Waals surface area contributed by atoms with E-state index >= 15 is 0 Å². The van der Waals surface area contributed by atoms with Crippen molar-refractivity contribution >= 4 is 132 Å². The molecule has 1 aliphatic carbocycles. The minimum atomic E-state index is -0.133. The van der Waals surface area contributed by atoms with E-state index in [0.29, 0.717) is 22.8 Å². The molecule has 0 aliphatic heterocycles. The zero-order valence-corrected chi connectivity index (χ0v) is 66.6.